The molecule has 0 aliphatic carbocycles. The smallest absolute Gasteiger partial charge is 0.306 e. The second kappa shape index (κ2) is 6.29. The predicted molar refractivity (Wildman–Crippen MR) is 61.9 cm³/mol. The molecular formula is C9H14N4O2S. The van der Waals surface area contributed by atoms with Gasteiger partial charge >= 0.3 is 5.97 Å². The Morgan fingerprint density at radius 3 is 3.00 bits per heavy atom. The molecule has 0 aliphatic rings. The minimum Gasteiger partial charge on any atom is -0.469 e. The van der Waals surface area contributed by atoms with Crippen LogP contribution in [-0.4, -0.2) is 28.8 Å². The maximum absolute atomic E-state index is 10.9. The molecule has 3 N–H and O–H groups in total. The number of hydrogen-bond acceptors (Lipinski definition) is 7. The summed E-state index contributed by atoms with van der Waals surface area (Å²) in [7, 11) is 1.37. The molecule has 16 heavy (non-hydrogen) atoms. The number of esters is 1. The topological polar surface area (TPSA) is 90.1 Å². The highest BCUT2D eigenvalue weighted by molar-refractivity contribution is 7.99. The van der Waals surface area contributed by atoms with Gasteiger partial charge in [-0.25, -0.2) is 15.8 Å². The molecule has 1 aromatic heterocycles. The maximum atomic E-state index is 10.9. The van der Waals surface area contributed by atoms with Crippen LogP contribution < -0.4 is 11.3 Å². The molecule has 0 spiro atoms. The summed E-state index contributed by atoms with van der Waals surface area (Å²) < 4.78 is 4.54. The molecule has 7 heteroatoms. The second-order valence-electron chi connectivity index (χ2n) is 2.99. The van der Waals surface area contributed by atoms with Crippen molar-refractivity contribution in [2.24, 2.45) is 5.84 Å². The van der Waals surface area contributed by atoms with Crippen molar-refractivity contribution in [1.29, 1.82) is 0 Å². The Morgan fingerprint density at radius 1 is 1.62 bits per heavy atom. The maximum Gasteiger partial charge on any atom is 0.306 e. The first-order valence-electron chi connectivity index (χ1n) is 4.67. The summed E-state index contributed by atoms with van der Waals surface area (Å²) in [5.74, 6) is 5.99. The lowest BCUT2D eigenvalue weighted by Gasteiger charge is -2.04. The number of hydrogen-bond donors (Lipinski definition) is 2. The van der Waals surface area contributed by atoms with Crippen LogP contribution in [0.25, 0.3) is 0 Å². The molecule has 1 aromatic rings. The Kier molecular flexibility index (Phi) is 5.00. The highest BCUT2D eigenvalue weighted by atomic mass is 32.2. The van der Waals surface area contributed by atoms with Crippen LogP contribution in [0.1, 0.15) is 12.1 Å². The molecule has 88 valence electrons. The first kappa shape index (κ1) is 12.7. The zero-order chi connectivity index (χ0) is 12.0. The van der Waals surface area contributed by atoms with E-state index in [1.54, 1.807) is 0 Å². The molecule has 1 heterocycles. The summed E-state index contributed by atoms with van der Waals surface area (Å²) in [5.41, 5.74) is 3.21. The molecule has 6 nitrogen and oxygen atoms in total. The van der Waals surface area contributed by atoms with Gasteiger partial charge < -0.3 is 4.74 Å². The lowest BCUT2D eigenvalue weighted by Crippen LogP contribution is -2.11. The van der Waals surface area contributed by atoms with Crippen LogP contribution in [0, 0.1) is 6.92 Å². The van der Waals surface area contributed by atoms with Crippen LogP contribution in [-0.2, 0) is 9.53 Å². The van der Waals surface area contributed by atoms with Crippen LogP contribution in [0.2, 0.25) is 0 Å². The average molecular weight is 242 g/mol. The summed E-state index contributed by atoms with van der Waals surface area (Å²) in [6, 6.07) is 1.84. The molecule has 0 saturated heterocycles. The van der Waals surface area contributed by atoms with Gasteiger partial charge in [-0.2, -0.15) is 0 Å². The van der Waals surface area contributed by atoms with Crippen LogP contribution in [0.4, 0.5) is 5.95 Å². The Labute approximate surface area is 98.0 Å². The van der Waals surface area contributed by atoms with Crippen molar-refractivity contribution in [2.75, 3.05) is 18.3 Å². The number of aromatic nitrogens is 2. The largest absolute Gasteiger partial charge is 0.469 e. The quantitative estimate of drug-likeness (QED) is 0.258. The molecule has 0 bridgehead atoms. The number of anilines is 1. The number of methoxy groups -OCH3 is 1. The number of nitrogen functional groups attached to an aromatic ring is 1. The summed E-state index contributed by atoms with van der Waals surface area (Å²) in [4.78, 5) is 19.1. The molecule has 0 radical (unpaired) electrons. The first-order valence-corrected chi connectivity index (χ1v) is 5.66. The van der Waals surface area contributed by atoms with Gasteiger partial charge in [0.05, 0.1) is 13.5 Å². The zero-order valence-electron chi connectivity index (χ0n) is 9.19. The van der Waals surface area contributed by atoms with Gasteiger partial charge in [0, 0.05) is 11.4 Å². The predicted octanol–water partition coefficient (Wildman–Crippen LogP) is 0.726. The molecule has 0 aliphatic heterocycles. The van der Waals surface area contributed by atoms with Gasteiger partial charge in [0.1, 0.15) is 5.03 Å². The Hall–Kier alpha value is -1.34. The summed E-state index contributed by atoms with van der Waals surface area (Å²) >= 11 is 1.46. The number of hydrazine groups is 1. The van der Waals surface area contributed by atoms with Crippen molar-refractivity contribution >= 4 is 23.7 Å². The van der Waals surface area contributed by atoms with Gasteiger partial charge in [-0.1, -0.05) is 0 Å². The highest BCUT2D eigenvalue weighted by Crippen LogP contribution is 2.18. The zero-order valence-corrected chi connectivity index (χ0v) is 10.0. The molecular weight excluding hydrogens is 228 g/mol. The number of nitrogens with zero attached hydrogens (tertiary/aromatic N) is 2. The molecule has 0 atom stereocenters. The van der Waals surface area contributed by atoms with E-state index in [1.165, 1.54) is 18.9 Å². The van der Waals surface area contributed by atoms with Crippen molar-refractivity contribution in [3.63, 3.8) is 0 Å². The SMILES string of the molecule is COC(=O)CCSc1cc(C)nc(NN)n1. The Balaban J connectivity index is 2.53. The fourth-order valence-electron chi connectivity index (χ4n) is 1.02. The van der Waals surface area contributed by atoms with Crippen LogP contribution >= 0.6 is 11.8 Å². The molecule has 0 amide bonds. The number of nitrogens with two attached hydrogens (primary N) is 1. The van der Waals surface area contributed by atoms with E-state index in [-0.39, 0.29) is 5.97 Å². The standard InChI is InChI=1S/C9H14N4O2S/c1-6-5-7(12-9(11-6)13-10)16-4-3-8(14)15-2/h5H,3-4,10H2,1-2H3,(H,11,12,13). The first-order chi connectivity index (χ1) is 7.65. The van der Waals surface area contributed by atoms with Crippen LogP contribution in [0.3, 0.4) is 0 Å². The van der Waals surface area contributed by atoms with Crippen molar-refractivity contribution in [3.05, 3.63) is 11.8 Å². The van der Waals surface area contributed by atoms with E-state index in [0.29, 0.717) is 18.1 Å². The Morgan fingerprint density at radius 2 is 2.38 bits per heavy atom. The van der Waals surface area contributed by atoms with Crippen LogP contribution in [0.5, 0.6) is 0 Å². The summed E-state index contributed by atoms with van der Waals surface area (Å²) in [5, 5.41) is 0.782. The second-order valence-corrected chi connectivity index (χ2v) is 4.11. The van der Waals surface area contributed by atoms with E-state index < -0.39 is 0 Å². The molecule has 0 aromatic carbocycles. The highest BCUT2D eigenvalue weighted by Gasteiger charge is 2.04. The normalized spacial score (nSPS) is 9.94. The van der Waals surface area contributed by atoms with Crippen molar-refractivity contribution in [1.82, 2.24) is 9.97 Å². The number of thioether (sulfide) groups is 1. The molecule has 1 rings (SSSR count). The van der Waals surface area contributed by atoms with Crippen molar-refractivity contribution in [3.8, 4) is 0 Å². The van der Waals surface area contributed by atoms with Gasteiger partial charge in [0.2, 0.25) is 5.95 Å². The van der Waals surface area contributed by atoms with E-state index in [1.807, 2.05) is 13.0 Å². The third kappa shape index (κ3) is 4.03. The Bertz CT molecular complexity index is 373. The number of nitrogens with one attached hydrogen (secondary N) is 1. The minimum atomic E-state index is -0.226. The van der Waals surface area contributed by atoms with Gasteiger partial charge in [-0.05, 0) is 13.0 Å². The van der Waals surface area contributed by atoms with Crippen LogP contribution in [0.15, 0.2) is 11.1 Å². The number of rotatable bonds is 5. The monoisotopic (exact) mass is 242 g/mol. The summed E-state index contributed by atoms with van der Waals surface area (Å²) in [6.45, 7) is 1.85. The van der Waals surface area contributed by atoms with Gasteiger partial charge in [-0.15, -0.1) is 11.8 Å². The van der Waals surface area contributed by atoms with Gasteiger partial charge in [0.25, 0.3) is 0 Å². The minimum absolute atomic E-state index is 0.226. The number of carbonyl (C=O) groups is 1. The molecule has 0 unspecified atom stereocenters. The van der Waals surface area contributed by atoms with Gasteiger partial charge in [-0.3, -0.25) is 10.2 Å². The summed E-state index contributed by atoms with van der Waals surface area (Å²) in [6.07, 6.45) is 0.357. The van der Waals surface area contributed by atoms with E-state index in [0.717, 1.165) is 10.7 Å². The number of carbonyl (C=O) groups excluding carboxylic acids is 1. The van der Waals surface area contributed by atoms with E-state index >= 15 is 0 Å². The van der Waals surface area contributed by atoms with Crippen molar-refractivity contribution < 1.29 is 9.53 Å². The fourth-order valence-corrected chi connectivity index (χ4v) is 1.90. The number of aryl methyl sites for hydroxylation is 1. The number of ether oxygens (including phenoxy) is 1. The van der Waals surface area contributed by atoms with E-state index in [4.69, 9.17) is 5.84 Å². The lowest BCUT2D eigenvalue weighted by atomic mass is 10.5. The average Bonchev–Trinajstić information content (AvgIpc) is 2.28. The molecule has 0 saturated carbocycles. The van der Waals surface area contributed by atoms with Gasteiger partial charge in [0.15, 0.2) is 0 Å². The fraction of sp³-hybridized carbons (Fsp3) is 0.444. The van der Waals surface area contributed by atoms with E-state index in [2.05, 4.69) is 20.1 Å². The third-order valence-electron chi connectivity index (χ3n) is 1.74. The third-order valence-corrected chi connectivity index (χ3v) is 2.66. The lowest BCUT2D eigenvalue weighted by molar-refractivity contribution is -0.140. The van der Waals surface area contributed by atoms with Crippen molar-refractivity contribution in [2.45, 2.75) is 18.4 Å². The van der Waals surface area contributed by atoms with E-state index in [9.17, 15) is 4.79 Å². The molecule has 0 fully saturated rings.